The van der Waals surface area contributed by atoms with Crippen molar-refractivity contribution in [2.75, 3.05) is 6.54 Å². The predicted octanol–water partition coefficient (Wildman–Crippen LogP) is 2.39. The maximum Gasteiger partial charge on any atom is 0.268 e. The maximum atomic E-state index is 13.6. The topological polar surface area (TPSA) is 120 Å². The average molecular weight is 471 g/mol. The molecule has 0 spiro atoms. The van der Waals surface area contributed by atoms with Crippen LogP contribution in [0.5, 0.6) is 0 Å². The number of aromatic amines is 1. The number of amides is 3. The highest BCUT2D eigenvalue weighted by molar-refractivity contribution is 6.00. The summed E-state index contributed by atoms with van der Waals surface area (Å²) in [4.78, 5) is 52.8. The number of nitrogens with one attached hydrogen (secondary N) is 4. The van der Waals surface area contributed by atoms with E-state index in [0.29, 0.717) is 57.0 Å². The van der Waals surface area contributed by atoms with Gasteiger partial charge in [0.05, 0.1) is 6.04 Å². The molecule has 0 radical (unpaired) electrons. The van der Waals surface area contributed by atoms with Crippen molar-refractivity contribution in [1.82, 2.24) is 20.9 Å². The van der Waals surface area contributed by atoms with E-state index in [1.807, 2.05) is 24.3 Å². The molecule has 1 aromatic carbocycles. The minimum Gasteiger partial charge on any atom is -0.356 e. The summed E-state index contributed by atoms with van der Waals surface area (Å²) in [5.74, 6) is -1.24. The molecule has 2 fully saturated rings. The average Bonchev–Trinajstić information content (AvgIpc) is 3.45. The van der Waals surface area contributed by atoms with E-state index in [-0.39, 0.29) is 24.2 Å². The van der Waals surface area contributed by atoms with Crippen LogP contribution in [0.15, 0.2) is 30.3 Å². The number of halogens is 1. The molecule has 2 aliphatic rings. The number of hydrogen-bond donors (Lipinski definition) is 4. The van der Waals surface area contributed by atoms with Crippen molar-refractivity contribution >= 4 is 34.9 Å². The molecule has 2 heterocycles. The van der Waals surface area contributed by atoms with Crippen LogP contribution in [-0.2, 0) is 14.4 Å². The van der Waals surface area contributed by atoms with E-state index in [0.717, 1.165) is 10.9 Å². The second-order valence-corrected chi connectivity index (χ2v) is 9.41. The molecule has 3 atom stereocenters. The standard InChI is InChI=1S/C25H31FN4O4/c26-18-7-5-15(6-8-18)11-21(24(33)28-19(14-31)12-17-9-10-27-23(17)32)30-25(34)22-13-16-3-1-2-4-20(16)29-22/h1-4,13-15,17-19,21,29H,5-12H2,(H,27,32)(H,28,33)(H,30,34)/t15?,17-,18?,19-,21-/m0/s1. The van der Waals surface area contributed by atoms with Gasteiger partial charge in [0.15, 0.2) is 0 Å². The number of aromatic nitrogens is 1. The first kappa shape index (κ1) is 23.9. The van der Waals surface area contributed by atoms with E-state index in [4.69, 9.17) is 0 Å². The quantitative estimate of drug-likeness (QED) is 0.421. The number of benzene rings is 1. The number of alkyl halides is 1. The van der Waals surface area contributed by atoms with Crippen molar-refractivity contribution in [1.29, 1.82) is 0 Å². The van der Waals surface area contributed by atoms with E-state index in [2.05, 4.69) is 20.9 Å². The summed E-state index contributed by atoms with van der Waals surface area (Å²) in [5, 5.41) is 9.13. The fraction of sp³-hybridized carbons (Fsp3) is 0.520. The fourth-order valence-corrected chi connectivity index (χ4v) is 4.96. The lowest BCUT2D eigenvalue weighted by Gasteiger charge is -2.28. The molecule has 1 aliphatic carbocycles. The molecule has 0 bridgehead atoms. The van der Waals surface area contributed by atoms with E-state index in [1.54, 1.807) is 6.07 Å². The lowest BCUT2D eigenvalue weighted by molar-refractivity contribution is -0.127. The Kier molecular flexibility index (Phi) is 7.59. The van der Waals surface area contributed by atoms with E-state index in [9.17, 15) is 23.6 Å². The summed E-state index contributed by atoms with van der Waals surface area (Å²) in [6, 6.07) is 7.51. The van der Waals surface area contributed by atoms with Gasteiger partial charge in [0.25, 0.3) is 5.91 Å². The Morgan fingerprint density at radius 2 is 1.85 bits per heavy atom. The van der Waals surface area contributed by atoms with Gasteiger partial charge in [-0.25, -0.2) is 4.39 Å². The van der Waals surface area contributed by atoms with Gasteiger partial charge in [0.1, 0.15) is 24.2 Å². The summed E-state index contributed by atoms with van der Waals surface area (Å²) < 4.78 is 13.6. The molecule has 8 nitrogen and oxygen atoms in total. The Bertz CT molecular complexity index is 1010. The molecular weight excluding hydrogens is 439 g/mol. The third kappa shape index (κ3) is 5.81. The number of carbonyl (C=O) groups excluding carboxylic acids is 4. The minimum atomic E-state index is -0.875. The highest BCUT2D eigenvalue weighted by Gasteiger charge is 2.32. The summed E-state index contributed by atoms with van der Waals surface area (Å²) in [5.41, 5.74) is 1.15. The molecule has 3 amide bonds. The lowest BCUT2D eigenvalue weighted by Crippen LogP contribution is -2.51. The third-order valence-corrected chi connectivity index (χ3v) is 6.93. The van der Waals surface area contributed by atoms with Crippen LogP contribution in [0.2, 0.25) is 0 Å². The number of rotatable bonds is 9. The molecule has 182 valence electrons. The zero-order valence-corrected chi connectivity index (χ0v) is 19.0. The Labute approximate surface area is 197 Å². The Morgan fingerprint density at radius 3 is 2.53 bits per heavy atom. The first-order chi connectivity index (χ1) is 16.4. The van der Waals surface area contributed by atoms with Gasteiger partial charge < -0.3 is 25.7 Å². The minimum absolute atomic E-state index is 0.0982. The predicted molar refractivity (Wildman–Crippen MR) is 125 cm³/mol. The SMILES string of the molecule is O=C[C@H](C[C@@H]1CCNC1=O)NC(=O)[C@H](CC1CCC(F)CC1)NC(=O)c1cc2ccccc2[nH]1. The number of hydrogen-bond acceptors (Lipinski definition) is 4. The summed E-state index contributed by atoms with van der Waals surface area (Å²) in [6.45, 7) is 0.559. The largest absolute Gasteiger partial charge is 0.356 e. The second kappa shape index (κ2) is 10.8. The van der Waals surface area contributed by atoms with Crippen molar-refractivity contribution in [2.45, 2.75) is 63.2 Å². The van der Waals surface area contributed by atoms with Crippen LogP contribution in [0.4, 0.5) is 4.39 Å². The Hall–Kier alpha value is -3.23. The van der Waals surface area contributed by atoms with Crippen molar-refractivity contribution in [3.05, 3.63) is 36.0 Å². The highest BCUT2D eigenvalue weighted by atomic mass is 19.1. The summed E-state index contributed by atoms with van der Waals surface area (Å²) >= 11 is 0. The molecule has 1 saturated heterocycles. The van der Waals surface area contributed by atoms with Crippen LogP contribution < -0.4 is 16.0 Å². The molecule has 9 heteroatoms. The molecule has 1 saturated carbocycles. The summed E-state index contributed by atoms with van der Waals surface area (Å²) in [6.07, 6.45) is 3.20. The van der Waals surface area contributed by atoms with E-state index in [1.165, 1.54) is 0 Å². The van der Waals surface area contributed by atoms with Gasteiger partial charge in [0, 0.05) is 23.4 Å². The first-order valence-electron chi connectivity index (χ1n) is 12.0. The first-order valence-corrected chi connectivity index (χ1v) is 12.0. The van der Waals surface area contributed by atoms with Crippen molar-refractivity contribution < 1.29 is 23.6 Å². The second-order valence-electron chi connectivity index (χ2n) is 9.41. The van der Waals surface area contributed by atoms with Crippen LogP contribution in [0.3, 0.4) is 0 Å². The molecule has 2 aromatic rings. The van der Waals surface area contributed by atoms with Gasteiger partial charge in [-0.15, -0.1) is 0 Å². The van der Waals surface area contributed by atoms with Crippen molar-refractivity contribution in [2.24, 2.45) is 11.8 Å². The number of carbonyl (C=O) groups is 4. The van der Waals surface area contributed by atoms with Crippen LogP contribution in [0, 0.1) is 11.8 Å². The van der Waals surface area contributed by atoms with Crippen LogP contribution >= 0.6 is 0 Å². The number of para-hydroxylation sites is 1. The smallest absolute Gasteiger partial charge is 0.268 e. The maximum absolute atomic E-state index is 13.6. The van der Waals surface area contributed by atoms with Gasteiger partial charge in [-0.1, -0.05) is 18.2 Å². The highest BCUT2D eigenvalue weighted by Crippen LogP contribution is 2.29. The van der Waals surface area contributed by atoms with Gasteiger partial charge in [0.2, 0.25) is 11.8 Å². The number of aldehydes is 1. The monoisotopic (exact) mass is 470 g/mol. The van der Waals surface area contributed by atoms with Crippen LogP contribution in [0.25, 0.3) is 10.9 Å². The molecule has 4 rings (SSSR count). The molecule has 1 aliphatic heterocycles. The molecule has 1 aromatic heterocycles. The van der Waals surface area contributed by atoms with E-state index >= 15 is 0 Å². The summed E-state index contributed by atoms with van der Waals surface area (Å²) in [7, 11) is 0. The van der Waals surface area contributed by atoms with Crippen molar-refractivity contribution in [3.63, 3.8) is 0 Å². The van der Waals surface area contributed by atoms with Gasteiger partial charge >= 0.3 is 0 Å². The fourth-order valence-electron chi connectivity index (χ4n) is 4.96. The van der Waals surface area contributed by atoms with Crippen LogP contribution in [0.1, 0.15) is 55.4 Å². The molecule has 34 heavy (non-hydrogen) atoms. The van der Waals surface area contributed by atoms with Gasteiger partial charge in [-0.3, -0.25) is 14.4 Å². The molecular formula is C25H31FN4O4. The molecule has 4 N–H and O–H groups in total. The van der Waals surface area contributed by atoms with Gasteiger partial charge in [-0.05, 0) is 63.0 Å². The number of fused-ring (bicyclic) bond motifs is 1. The third-order valence-electron chi connectivity index (χ3n) is 6.93. The van der Waals surface area contributed by atoms with Gasteiger partial charge in [-0.2, -0.15) is 0 Å². The lowest BCUT2D eigenvalue weighted by atomic mass is 9.83. The van der Waals surface area contributed by atoms with Crippen molar-refractivity contribution in [3.8, 4) is 0 Å². The molecule has 0 unspecified atom stereocenters. The van der Waals surface area contributed by atoms with E-state index < -0.39 is 30.1 Å². The van der Waals surface area contributed by atoms with Crippen LogP contribution in [-0.4, -0.2) is 53.8 Å². The zero-order valence-electron chi connectivity index (χ0n) is 19.0. The normalized spacial score (nSPS) is 24.3. The Morgan fingerprint density at radius 1 is 1.09 bits per heavy atom. The zero-order chi connectivity index (χ0) is 24.1. The Balaban J connectivity index is 1.45. The number of H-pyrrole nitrogens is 1.